The molecular weight excluding hydrogens is 286 g/mol. The molecule has 3 nitrogen and oxygen atoms in total. The molecule has 1 saturated carbocycles. The summed E-state index contributed by atoms with van der Waals surface area (Å²) < 4.78 is 5.00. The van der Waals surface area contributed by atoms with E-state index in [0.717, 1.165) is 24.0 Å². The summed E-state index contributed by atoms with van der Waals surface area (Å²) in [6.45, 7) is 2.20. The highest BCUT2D eigenvalue weighted by atomic mass is 16.5. The van der Waals surface area contributed by atoms with Crippen LogP contribution in [-0.2, 0) is 10.3 Å². The second kappa shape index (κ2) is 6.55. The van der Waals surface area contributed by atoms with E-state index < -0.39 is 0 Å². The van der Waals surface area contributed by atoms with Crippen LogP contribution in [0.5, 0.6) is 0 Å². The average molecular weight is 309 g/mol. The maximum absolute atomic E-state index is 11.7. The summed E-state index contributed by atoms with van der Waals surface area (Å²) in [6, 6.07) is 16.0. The number of nitrogens with two attached hydrogens (primary N) is 1. The summed E-state index contributed by atoms with van der Waals surface area (Å²) in [7, 11) is 0. The smallest absolute Gasteiger partial charge is 0.338 e. The van der Waals surface area contributed by atoms with Crippen molar-refractivity contribution in [2.24, 2.45) is 5.73 Å². The van der Waals surface area contributed by atoms with Crippen molar-refractivity contribution >= 4 is 5.97 Å². The standard InChI is InChI=1S/C20H23NO2/c1-2-23-19(22)17-7-5-15(6-8-17)16-9-11-18(12-10-16)20(21)13-3-4-14-20/h5-12H,2-4,13-14,21H2,1H3. The van der Waals surface area contributed by atoms with E-state index in [-0.39, 0.29) is 11.5 Å². The summed E-state index contributed by atoms with van der Waals surface area (Å²) in [5, 5.41) is 0. The molecule has 1 aliphatic rings. The first-order valence-electron chi connectivity index (χ1n) is 8.29. The van der Waals surface area contributed by atoms with Gasteiger partial charge in [-0.2, -0.15) is 0 Å². The molecule has 2 aromatic carbocycles. The number of ether oxygens (including phenoxy) is 1. The van der Waals surface area contributed by atoms with Gasteiger partial charge in [0.15, 0.2) is 0 Å². The molecule has 0 aliphatic heterocycles. The van der Waals surface area contributed by atoms with E-state index >= 15 is 0 Å². The van der Waals surface area contributed by atoms with Crippen molar-refractivity contribution in [3.8, 4) is 11.1 Å². The molecule has 0 saturated heterocycles. The summed E-state index contributed by atoms with van der Waals surface area (Å²) in [5.74, 6) is -0.277. The third kappa shape index (κ3) is 3.30. The SMILES string of the molecule is CCOC(=O)c1ccc(-c2ccc(C3(N)CCCC3)cc2)cc1. The molecule has 0 aromatic heterocycles. The monoisotopic (exact) mass is 309 g/mol. The van der Waals surface area contributed by atoms with E-state index in [1.165, 1.54) is 18.4 Å². The fourth-order valence-electron chi connectivity index (χ4n) is 3.30. The highest BCUT2D eigenvalue weighted by Gasteiger charge is 2.30. The zero-order chi connectivity index (χ0) is 16.3. The zero-order valence-electron chi connectivity index (χ0n) is 13.5. The Morgan fingerprint density at radius 2 is 1.52 bits per heavy atom. The highest BCUT2D eigenvalue weighted by molar-refractivity contribution is 5.90. The summed E-state index contributed by atoms with van der Waals surface area (Å²) >= 11 is 0. The number of carbonyl (C=O) groups is 1. The van der Waals surface area contributed by atoms with Gasteiger partial charge in [0.2, 0.25) is 0 Å². The molecule has 1 aliphatic carbocycles. The van der Waals surface area contributed by atoms with Gasteiger partial charge in [0, 0.05) is 5.54 Å². The molecule has 1 fully saturated rings. The van der Waals surface area contributed by atoms with Crippen molar-refractivity contribution in [3.63, 3.8) is 0 Å². The quantitative estimate of drug-likeness (QED) is 0.859. The summed E-state index contributed by atoms with van der Waals surface area (Å²) in [5.41, 5.74) is 10.4. The lowest BCUT2D eigenvalue weighted by molar-refractivity contribution is 0.0526. The van der Waals surface area contributed by atoms with Crippen molar-refractivity contribution < 1.29 is 9.53 Å². The maximum Gasteiger partial charge on any atom is 0.338 e. The van der Waals surface area contributed by atoms with E-state index in [1.54, 1.807) is 0 Å². The molecule has 0 bridgehead atoms. The lowest BCUT2D eigenvalue weighted by Crippen LogP contribution is -2.32. The van der Waals surface area contributed by atoms with Crippen LogP contribution < -0.4 is 5.73 Å². The molecule has 0 atom stereocenters. The number of benzene rings is 2. The fourth-order valence-corrected chi connectivity index (χ4v) is 3.30. The first kappa shape index (κ1) is 15.8. The number of hydrogen-bond acceptors (Lipinski definition) is 3. The second-order valence-electron chi connectivity index (χ2n) is 6.24. The average Bonchev–Trinajstić information content (AvgIpc) is 3.03. The first-order chi connectivity index (χ1) is 11.1. The van der Waals surface area contributed by atoms with Crippen LogP contribution in [0.15, 0.2) is 48.5 Å². The largest absolute Gasteiger partial charge is 0.462 e. The minimum atomic E-state index is -0.277. The van der Waals surface area contributed by atoms with Crippen LogP contribution in [0.2, 0.25) is 0 Å². The van der Waals surface area contributed by atoms with Gasteiger partial charge in [0.05, 0.1) is 12.2 Å². The van der Waals surface area contributed by atoms with Gasteiger partial charge in [-0.1, -0.05) is 49.2 Å². The predicted molar refractivity (Wildman–Crippen MR) is 92.2 cm³/mol. The molecule has 0 unspecified atom stereocenters. The van der Waals surface area contributed by atoms with Gasteiger partial charge in [-0.25, -0.2) is 4.79 Å². The molecule has 0 spiro atoms. The molecular formula is C20H23NO2. The Morgan fingerprint density at radius 1 is 1.00 bits per heavy atom. The topological polar surface area (TPSA) is 52.3 Å². The van der Waals surface area contributed by atoms with Crippen molar-refractivity contribution in [3.05, 3.63) is 59.7 Å². The lowest BCUT2D eigenvalue weighted by atomic mass is 9.88. The molecule has 0 heterocycles. The van der Waals surface area contributed by atoms with E-state index in [0.29, 0.717) is 12.2 Å². The molecule has 3 rings (SSSR count). The Morgan fingerprint density at radius 3 is 2.04 bits per heavy atom. The second-order valence-corrected chi connectivity index (χ2v) is 6.24. The van der Waals surface area contributed by atoms with Crippen LogP contribution in [0.1, 0.15) is 48.5 Å². The van der Waals surface area contributed by atoms with E-state index in [2.05, 4.69) is 24.3 Å². The van der Waals surface area contributed by atoms with Gasteiger partial charge >= 0.3 is 5.97 Å². The Kier molecular flexibility index (Phi) is 4.49. The van der Waals surface area contributed by atoms with Gasteiger partial charge in [-0.05, 0) is 48.6 Å². The third-order valence-electron chi connectivity index (χ3n) is 4.68. The summed E-state index contributed by atoms with van der Waals surface area (Å²) in [4.78, 5) is 11.7. The van der Waals surface area contributed by atoms with Crippen molar-refractivity contribution in [1.29, 1.82) is 0 Å². The molecule has 2 N–H and O–H groups in total. The van der Waals surface area contributed by atoms with E-state index in [9.17, 15) is 4.79 Å². The number of hydrogen-bond donors (Lipinski definition) is 1. The molecule has 23 heavy (non-hydrogen) atoms. The van der Waals surface area contributed by atoms with Crippen LogP contribution in [0.3, 0.4) is 0 Å². The first-order valence-corrected chi connectivity index (χ1v) is 8.29. The van der Waals surface area contributed by atoms with Crippen LogP contribution in [0, 0.1) is 0 Å². The Labute approximate surface area is 137 Å². The van der Waals surface area contributed by atoms with Crippen molar-refractivity contribution in [1.82, 2.24) is 0 Å². The normalized spacial score (nSPS) is 16.3. The van der Waals surface area contributed by atoms with E-state index in [4.69, 9.17) is 10.5 Å². The maximum atomic E-state index is 11.7. The Hall–Kier alpha value is -2.13. The summed E-state index contributed by atoms with van der Waals surface area (Å²) in [6.07, 6.45) is 4.57. The molecule has 120 valence electrons. The van der Waals surface area contributed by atoms with Gasteiger partial charge in [0.1, 0.15) is 0 Å². The molecule has 2 aromatic rings. The van der Waals surface area contributed by atoms with Crippen molar-refractivity contribution in [2.75, 3.05) is 6.61 Å². The fraction of sp³-hybridized carbons (Fsp3) is 0.350. The minimum Gasteiger partial charge on any atom is -0.462 e. The molecule has 0 radical (unpaired) electrons. The number of rotatable bonds is 4. The lowest BCUT2D eigenvalue weighted by Gasteiger charge is -2.24. The Bertz CT molecular complexity index is 668. The highest BCUT2D eigenvalue weighted by Crippen LogP contribution is 2.36. The molecule has 3 heteroatoms. The molecule has 0 amide bonds. The van der Waals surface area contributed by atoms with E-state index in [1.807, 2.05) is 31.2 Å². The Balaban J connectivity index is 1.78. The van der Waals surface area contributed by atoms with Gasteiger partial charge in [-0.3, -0.25) is 0 Å². The number of esters is 1. The van der Waals surface area contributed by atoms with Gasteiger partial charge in [0.25, 0.3) is 0 Å². The van der Waals surface area contributed by atoms with Crippen molar-refractivity contribution in [2.45, 2.75) is 38.1 Å². The van der Waals surface area contributed by atoms with Crippen LogP contribution in [-0.4, -0.2) is 12.6 Å². The predicted octanol–water partition coefficient (Wildman–Crippen LogP) is 4.26. The van der Waals surface area contributed by atoms with Crippen LogP contribution in [0.25, 0.3) is 11.1 Å². The van der Waals surface area contributed by atoms with Gasteiger partial charge in [-0.15, -0.1) is 0 Å². The zero-order valence-corrected chi connectivity index (χ0v) is 13.5. The van der Waals surface area contributed by atoms with Crippen LogP contribution in [0.4, 0.5) is 0 Å². The minimum absolute atomic E-state index is 0.147. The third-order valence-corrected chi connectivity index (χ3v) is 4.68. The van der Waals surface area contributed by atoms with Gasteiger partial charge < -0.3 is 10.5 Å². The van der Waals surface area contributed by atoms with Crippen LogP contribution >= 0.6 is 0 Å². The number of carbonyl (C=O) groups excluding carboxylic acids is 1.